The maximum atomic E-state index is 8.69. The fourth-order valence-electron chi connectivity index (χ4n) is 0.356. The minimum atomic E-state index is -0.560. The van der Waals surface area contributed by atoms with Gasteiger partial charge in [0.05, 0.1) is 38.1 Å². The zero-order chi connectivity index (χ0) is 14.3. The van der Waals surface area contributed by atoms with Crippen LogP contribution in [0.2, 0.25) is 0 Å². The van der Waals surface area contributed by atoms with E-state index in [4.69, 9.17) is 30.3 Å². The van der Waals surface area contributed by atoms with Gasteiger partial charge >= 0.3 is 0 Å². The molecule has 0 amide bonds. The summed E-state index contributed by atoms with van der Waals surface area (Å²) in [5.41, 5.74) is 0. The molecule has 0 aromatic carbocycles. The second-order valence-corrected chi connectivity index (χ2v) is 3.52. The molecule has 0 fully saturated rings. The molecule has 0 radical (unpaired) electrons. The van der Waals surface area contributed by atoms with Crippen molar-refractivity contribution in [1.82, 2.24) is 0 Å². The predicted molar refractivity (Wildman–Crippen MR) is 65.7 cm³/mol. The van der Waals surface area contributed by atoms with Crippen LogP contribution in [0.3, 0.4) is 0 Å². The van der Waals surface area contributed by atoms with Crippen molar-refractivity contribution in [3.05, 3.63) is 0 Å². The van der Waals surface area contributed by atoms with Crippen LogP contribution in [-0.4, -0.2) is 70.3 Å². The highest BCUT2D eigenvalue weighted by Gasteiger charge is 2.00. The van der Waals surface area contributed by atoms with E-state index in [9.17, 15) is 0 Å². The molecule has 0 aromatic rings. The lowest BCUT2D eigenvalue weighted by Crippen LogP contribution is -2.19. The lowest BCUT2D eigenvalue weighted by molar-refractivity contribution is -0.0177. The Hall–Kier alpha value is -0.240. The molecule has 0 aliphatic rings. The van der Waals surface area contributed by atoms with Gasteiger partial charge in [-0.05, 0) is 27.7 Å². The topological polar surface area (TPSA) is 110 Å². The third-order valence-corrected chi connectivity index (χ3v) is 1.14. The zero-order valence-electron chi connectivity index (χ0n) is 11.2. The molecule has 0 saturated carbocycles. The van der Waals surface area contributed by atoms with E-state index in [1.54, 1.807) is 20.8 Å². The van der Waals surface area contributed by atoms with Gasteiger partial charge in [0.2, 0.25) is 0 Å². The van der Waals surface area contributed by atoms with Crippen LogP contribution >= 0.6 is 0 Å². The fourth-order valence-corrected chi connectivity index (χ4v) is 0.356. The summed E-state index contributed by atoms with van der Waals surface area (Å²) in [6.45, 7) is 7.01. The van der Waals surface area contributed by atoms with Crippen molar-refractivity contribution >= 4 is 0 Å². The Labute approximate surface area is 103 Å². The number of aliphatic hydroxyl groups excluding tert-OH is 5. The molecule has 0 rings (SSSR count). The summed E-state index contributed by atoms with van der Waals surface area (Å²) in [5.74, 6) is 0. The highest BCUT2D eigenvalue weighted by atomic mass is 16.5. The van der Waals surface area contributed by atoms with E-state index in [0.29, 0.717) is 6.61 Å². The Balaban J connectivity index is -0.000000207. The Kier molecular flexibility index (Phi) is 23.5. The van der Waals surface area contributed by atoms with E-state index in [2.05, 4.69) is 0 Å². The molecule has 3 unspecified atom stereocenters. The molecule has 0 spiro atoms. The molecule has 0 aromatic heterocycles. The van der Waals surface area contributed by atoms with Crippen molar-refractivity contribution in [1.29, 1.82) is 0 Å². The first kappa shape index (κ1) is 22.0. The summed E-state index contributed by atoms with van der Waals surface area (Å²) < 4.78 is 4.95. The van der Waals surface area contributed by atoms with Crippen molar-refractivity contribution in [3.63, 3.8) is 0 Å². The minimum absolute atomic E-state index is 0.00667. The van der Waals surface area contributed by atoms with Crippen LogP contribution in [0.4, 0.5) is 0 Å². The van der Waals surface area contributed by atoms with Crippen LogP contribution in [0.1, 0.15) is 27.7 Å². The molecular weight excluding hydrogens is 228 g/mol. The van der Waals surface area contributed by atoms with Crippen LogP contribution < -0.4 is 0 Å². The van der Waals surface area contributed by atoms with Crippen molar-refractivity contribution in [2.75, 3.05) is 26.4 Å². The number of ether oxygens (including phenoxy) is 1. The van der Waals surface area contributed by atoms with E-state index in [1.807, 2.05) is 0 Å². The Morgan fingerprint density at radius 3 is 1.41 bits per heavy atom. The first-order chi connectivity index (χ1) is 7.85. The van der Waals surface area contributed by atoms with Crippen LogP contribution in [0, 0.1) is 0 Å². The number of aliphatic hydroxyl groups is 5. The highest BCUT2D eigenvalue weighted by Crippen LogP contribution is 1.90. The van der Waals surface area contributed by atoms with Crippen molar-refractivity contribution in [3.8, 4) is 0 Å². The van der Waals surface area contributed by atoms with Gasteiger partial charge in [-0.2, -0.15) is 0 Å². The average Bonchev–Trinajstić information content (AvgIpc) is 2.27. The van der Waals surface area contributed by atoms with Crippen molar-refractivity contribution in [2.24, 2.45) is 0 Å². The molecule has 0 aliphatic heterocycles. The van der Waals surface area contributed by atoms with Crippen molar-refractivity contribution in [2.45, 2.75) is 46.0 Å². The quantitative estimate of drug-likeness (QED) is 0.437. The summed E-state index contributed by atoms with van der Waals surface area (Å²) in [6, 6.07) is 0. The fraction of sp³-hybridized carbons (Fsp3) is 1.00. The molecule has 3 atom stereocenters. The largest absolute Gasteiger partial charge is 0.397 e. The normalized spacial score (nSPS) is 14.6. The van der Waals surface area contributed by atoms with Crippen molar-refractivity contribution < 1.29 is 30.3 Å². The maximum Gasteiger partial charge on any atom is 0.0779 e. The first-order valence-corrected chi connectivity index (χ1v) is 5.65. The highest BCUT2D eigenvalue weighted by molar-refractivity contribution is 4.47. The maximum absolute atomic E-state index is 8.69. The van der Waals surface area contributed by atoms with Gasteiger partial charge in [0.1, 0.15) is 0 Å². The number of rotatable bonds is 5. The van der Waals surface area contributed by atoms with E-state index in [-0.39, 0.29) is 25.9 Å². The smallest absolute Gasteiger partial charge is 0.0779 e. The molecule has 6 nitrogen and oxygen atoms in total. The second-order valence-electron chi connectivity index (χ2n) is 3.52. The van der Waals surface area contributed by atoms with Crippen LogP contribution in [-0.2, 0) is 4.74 Å². The summed E-state index contributed by atoms with van der Waals surface area (Å²) in [7, 11) is 0. The molecule has 0 bridgehead atoms. The van der Waals surface area contributed by atoms with Gasteiger partial charge in [0.25, 0.3) is 0 Å². The lowest BCUT2D eigenvalue weighted by atomic mass is 10.4. The average molecular weight is 256 g/mol. The number of hydrogen-bond donors (Lipinski definition) is 5. The minimum Gasteiger partial charge on any atom is -0.397 e. The summed E-state index contributed by atoms with van der Waals surface area (Å²) in [6.07, 6.45) is -1.17. The molecular formula is C11H28O6. The van der Waals surface area contributed by atoms with E-state index < -0.39 is 12.2 Å². The zero-order valence-corrected chi connectivity index (χ0v) is 11.2. The van der Waals surface area contributed by atoms with Crippen LogP contribution in [0.15, 0.2) is 0 Å². The van der Waals surface area contributed by atoms with Gasteiger partial charge in [-0.1, -0.05) is 0 Å². The molecule has 108 valence electrons. The number of hydrogen-bond acceptors (Lipinski definition) is 6. The van der Waals surface area contributed by atoms with E-state index in [1.165, 1.54) is 6.92 Å². The molecule has 17 heavy (non-hydrogen) atoms. The molecule has 5 N–H and O–H groups in total. The van der Waals surface area contributed by atoms with Gasteiger partial charge < -0.3 is 30.3 Å². The van der Waals surface area contributed by atoms with Gasteiger partial charge in [0.15, 0.2) is 0 Å². The van der Waals surface area contributed by atoms with Crippen LogP contribution in [0.25, 0.3) is 0 Å². The lowest BCUT2D eigenvalue weighted by Gasteiger charge is -2.10. The van der Waals surface area contributed by atoms with E-state index >= 15 is 0 Å². The molecule has 0 aliphatic carbocycles. The first-order valence-electron chi connectivity index (χ1n) is 5.65. The monoisotopic (exact) mass is 256 g/mol. The molecule has 0 saturated heterocycles. The standard InChI is InChI=1S/C6H14O3.C3H8O2.C2H6O/c1-5(8)4-9-6(2)3-7;1-3(5)2-4;1-2-3/h5-8H,3-4H2,1-2H3;3-5H,2H2,1H3;3H,2H2,1H3. The van der Waals surface area contributed by atoms with Gasteiger partial charge in [-0.3, -0.25) is 0 Å². The predicted octanol–water partition coefficient (Wildman–Crippen LogP) is -0.877. The summed E-state index contributed by atoms with van der Waals surface area (Å²) in [4.78, 5) is 0. The Morgan fingerprint density at radius 1 is 0.882 bits per heavy atom. The SMILES string of the molecule is CC(O)CO.CC(O)COC(C)CO.CCO. The van der Waals surface area contributed by atoms with E-state index in [0.717, 1.165) is 0 Å². The Morgan fingerprint density at radius 2 is 1.24 bits per heavy atom. The van der Waals surface area contributed by atoms with Gasteiger partial charge in [-0.15, -0.1) is 0 Å². The van der Waals surface area contributed by atoms with Gasteiger partial charge in [0, 0.05) is 6.61 Å². The van der Waals surface area contributed by atoms with Gasteiger partial charge in [-0.25, -0.2) is 0 Å². The second kappa shape index (κ2) is 18.1. The molecule has 0 heterocycles. The summed E-state index contributed by atoms with van der Waals surface area (Å²) in [5, 5.41) is 40.7. The third-order valence-electron chi connectivity index (χ3n) is 1.14. The Bertz CT molecular complexity index is 119. The van der Waals surface area contributed by atoms with Crippen LogP contribution in [0.5, 0.6) is 0 Å². The summed E-state index contributed by atoms with van der Waals surface area (Å²) >= 11 is 0. The third kappa shape index (κ3) is 38.9. The molecule has 6 heteroatoms.